The number of amides is 1. The minimum absolute atomic E-state index is 0.0286. The van der Waals surface area contributed by atoms with Crippen molar-refractivity contribution in [3.63, 3.8) is 0 Å². The van der Waals surface area contributed by atoms with E-state index in [9.17, 15) is 9.59 Å². The second-order valence-electron chi connectivity index (χ2n) is 6.42. The quantitative estimate of drug-likeness (QED) is 0.622. The first kappa shape index (κ1) is 21.6. The third kappa shape index (κ3) is 5.63. The molecule has 0 aliphatic rings. The summed E-state index contributed by atoms with van der Waals surface area (Å²) in [6.07, 6.45) is 0. The van der Waals surface area contributed by atoms with Gasteiger partial charge in [0.2, 0.25) is 0 Å². The monoisotopic (exact) mass is 405 g/mol. The van der Waals surface area contributed by atoms with E-state index >= 15 is 0 Å². The molecule has 0 aliphatic carbocycles. The molecule has 0 unspecified atom stereocenters. The highest BCUT2D eigenvalue weighted by Gasteiger charge is 2.17. The SMILES string of the molecule is COc1cc(C(=O)OCC(=O)N(C)C(C)C)ccc1OCc1ccccc1Cl. The maximum Gasteiger partial charge on any atom is 0.338 e. The molecule has 0 bridgehead atoms. The third-order valence-electron chi connectivity index (χ3n) is 4.24. The molecule has 28 heavy (non-hydrogen) atoms. The molecule has 150 valence electrons. The second-order valence-corrected chi connectivity index (χ2v) is 6.83. The van der Waals surface area contributed by atoms with Crippen molar-refractivity contribution in [2.24, 2.45) is 0 Å². The van der Waals surface area contributed by atoms with Gasteiger partial charge in [0, 0.05) is 23.7 Å². The standard InChI is InChI=1S/C21H24ClNO5/c1-14(2)23(3)20(24)13-28-21(25)15-9-10-18(19(11-15)26-4)27-12-16-7-5-6-8-17(16)22/h5-11,14H,12-13H2,1-4H3. The van der Waals surface area contributed by atoms with Crippen molar-refractivity contribution in [3.8, 4) is 11.5 Å². The average Bonchev–Trinajstić information content (AvgIpc) is 2.70. The Balaban J connectivity index is 2.02. The van der Waals surface area contributed by atoms with Crippen LogP contribution in [0.3, 0.4) is 0 Å². The van der Waals surface area contributed by atoms with Crippen molar-refractivity contribution >= 4 is 23.5 Å². The fraction of sp³-hybridized carbons (Fsp3) is 0.333. The first-order valence-corrected chi connectivity index (χ1v) is 9.18. The van der Waals surface area contributed by atoms with Crippen molar-refractivity contribution < 1.29 is 23.8 Å². The normalized spacial score (nSPS) is 10.5. The van der Waals surface area contributed by atoms with Crippen LogP contribution in [0, 0.1) is 0 Å². The van der Waals surface area contributed by atoms with E-state index in [1.54, 1.807) is 25.2 Å². The zero-order valence-electron chi connectivity index (χ0n) is 16.4. The van der Waals surface area contributed by atoms with Crippen molar-refractivity contribution in [2.75, 3.05) is 20.8 Å². The lowest BCUT2D eigenvalue weighted by molar-refractivity contribution is -0.134. The van der Waals surface area contributed by atoms with Gasteiger partial charge in [0.1, 0.15) is 6.61 Å². The highest BCUT2D eigenvalue weighted by atomic mass is 35.5. The fourth-order valence-corrected chi connectivity index (χ4v) is 2.48. The summed E-state index contributed by atoms with van der Waals surface area (Å²) in [5.41, 5.74) is 1.10. The average molecular weight is 406 g/mol. The molecule has 0 spiro atoms. The van der Waals surface area contributed by atoms with E-state index in [1.807, 2.05) is 32.0 Å². The van der Waals surface area contributed by atoms with Crippen LogP contribution >= 0.6 is 11.6 Å². The molecular formula is C21H24ClNO5. The van der Waals surface area contributed by atoms with E-state index in [-0.39, 0.29) is 30.7 Å². The number of hydrogen-bond donors (Lipinski definition) is 0. The maximum atomic E-state index is 12.2. The third-order valence-corrected chi connectivity index (χ3v) is 4.60. The molecule has 6 nitrogen and oxygen atoms in total. The minimum atomic E-state index is -0.610. The lowest BCUT2D eigenvalue weighted by atomic mass is 10.2. The molecule has 2 rings (SSSR count). The number of hydrogen-bond acceptors (Lipinski definition) is 5. The van der Waals surface area contributed by atoms with Crippen LogP contribution in [0.5, 0.6) is 11.5 Å². The Hall–Kier alpha value is -2.73. The molecule has 0 heterocycles. The Morgan fingerprint density at radius 3 is 2.46 bits per heavy atom. The Morgan fingerprint density at radius 2 is 1.82 bits per heavy atom. The van der Waals surface area contributed by atoms with Gasteiger partial charge in [-0.3, -0.25) is 4.79 Å². The number of carbonyl (C=O) groups excluding carboxylic acids is 2. The van der Waals surface area contributed by atoms with Gasteiger partial charge in [0.05, 0.1) is 12.7 Å². The lowest BCUT2D eigenvalue weighted by Crippen LogP contribution is -2.36. The van der Waals surface area contributed by atoms with Crippen LogP contribution in [0.15, 0.2) is 42.5 Å². The number of likely N-dealkylation sites (N-methyl/N-ethyl adjacent to an activating group) is 1. The van der Waals surface area contributed by atoms with Crippen LogP contribution in [0.2, 0.25) is 5.02 Å². The molecule has 0 radical (unpaired) electrons. The molecule has 0 aliphatic heterocycles. The number of carbonyl (C=O) groups is 2. The lowest BCUT2D eigenvalue weighted by Gasteiger charge is -2.21. The first-order chi connectivity index (χ1) is 13.3. The number of rotatable bonds is 8. The number of esters is 1. The zero-order chi connectivity index (χ0) is 20.7. The molecule has 0 saturated carbocycles. The van der Waals surface area contributed by atoms with Crippen LogP contribution in [-0.4, -0.2) is 43.6 Å². The number of ether oxygens (including phenoxy) is 3. The van der Waals surface area contributed by atoms with E-state index in [4.69, 9.17) is 25.8 Å². The Kier molecular flexibility index (Phi) is 7.70. The van der Waals surface area contributed by atoms with Crippen molar-refractivity contribution in [1.29, 1.82) is 0 Å². The molecule has 0 saturated heterocycles. The summed E-state index contributed by atoms with van der Waals surface area (Å²) in [6.45, 7) is 3.70. The van der Waals surface area contributed by atoms with Crippen LogP contribution in [-0.2, 0) is 16.1 Å². The molecule has 7 heteroatoms. The molecule has 2 aromatic rings. The highest BCUT2D eigenvalue weighted by molar-refractivity contribution is 6.31. The first-order valence-electron chi connectivity index (χ1n) is 8.80. The van der Waals surface area contributed by atoms with Gasteiger partial charge in [-0.2, -0.15) is 0 Å². The van der Waals surface area contributed by atoms with Crippen LogP contribution in [0.4, 0.5) is 0 Å². The summed E-state index contributed by atoms with van der Waals surface area (Å²) < 4.78 is 16.2. The Labute approximate surface area is 169 Å². The summed E-state index contributed by atoms with van der Waals surface area (Å²) in [6, 6.07) is 12.1. The molecule has 0 aromatic heterocycles. The topological polar surface area (TPSA) is 65.1 Å². The van der Waals surface area contributed by atoms with Gasteiger partial charge in [-0.25, -0.2) is 4.79 Å². The number of nitrogens with zero attached hydrogens (tertiary/aromatic N) is 1. The summed E-state index contributed by atoms with van der Waals surface area (Å²) in [7, 11) is 3.14. The largest absolute Gasteiger partial charge is 0.493 e. The fourth-order valence-electron chi connectivity index (χ4n) is 2.29. The van der Waals surface area contributed by atoms with Crippen LogP contribution in [0.1, 0.15) is 29.8 Å². The molecule has 0 N–H and O–H groups in total. The van der Waals surface area contributed by atoms with Gasteiger partial charge in [0.15, 0.2) is 18.1 Å². The van der Waals surface area contributed by atoms with Crippen LogP contribution < -0.4 is 9.47 Å². The number of halogens is 1. The molecular weight excluding hydrogens is 382 g/mol. The van der Waals surface area contributed by atoms with Gasteiger partial charge in [-0.15, -0.1) is 0 Å². The van der Waals surface area contributed by atoms with E-state index < -0.39 is 5.97 Å². The zero-order valence-corrected chi connectivity index (χ0v) is 17.2. The highest BCUT2D eigenvalue weighted by Crippen LogP contribution is 2.30. The van der Waals surface area contributed by atoms with Crippen molar-refractivity contribution in [3.05, 3.63) is 58.6 Å². The second kappa shape index (κ2) is 9.99. The van der Waals surface area contributed by atoms with Gasteiger partial charge in [-0.05, 0) is 38.1 Å². The van der Waals surface area contributed by atoms with Crippen molar-refractivity contribution in [1.82, 2.24) is 4.90 Å². The Bertz CT molecular complexity index is 837. The summed E-state index contributed by atoms with van der Waals surface area (Å²) in [5.74, 6) is -0.0295. The smallest absolute Gasteiger partial charge is 0.338 e. The predicted octanol–water partition coefficient (Wildman–Crippen LogP) is 3.95. The van der Waals surface area contributed by atoms with Gasteiger partial charge < -0.3 is 19.1 Å². The minimum Gasteiger partial charge on any atom is -0.493 e. The van der Waals surface area contributed by atoms with Gasteiger partial charge >= 0.3 is 5.97 Å². The van der Waals surface area contributed by atoms with E-state index in [0.717, 1.165) is 5.56 Å². The maximum absolute atomic E-state index is 12.2. The molecule has 2 aromatic carbocycles. The number of methoxy groups -OCH3 is 1. The molecule has 0 fully saturated rings. The predicted molar refractivity (Wildman–Crippen MR) is 107 cm³/mol. The van der Waals surface area contributed by atoms with E-state index in [1.165, 1.54) is 18.1 Å². The molecule has 1 amide bonds. The summed E-state index contributed by atoms with van der Waals surface area (Å²) in [4.78, 5) is 25.7. The van der Waals surface area contributed by atoms with E-state index in [2.05, 4.69) is 0 Å². The summed E-state index contributed by atoms with van der Waals surface area (Å²) >= 11 is 6.13. The van der Waals surface area contributed by atoms with Gasteiger partial charge in [-0.1, -0.05) is 29.8 Å². The summed E-state index contributed by atoms with van der Waals surface area (Å²) in [5, 5.41) is 0.609. The van der Waals surface area contributed by atoms with Gasteiger partial charge in [0.25, 0.3) is 5.91 Å². The van der Waals surface area contributed by atoms with Crippen LogP contribution in [0.25, 0.3) is 0 Å². The number of benzene rings is 2. The van der Waals surface area contributed by atoms with Crippen molar-refractivity contribution in [2.45, 2.75) is 26.5 Å². The molecule has 0 atom stereocenters. The van der Waals surface area contributed by atoms with E-state index in [0.29, 0.717) is 16.5 Å². The Morgan fingerprint density at radius 1 is 1.11 bits per heavy atom.